The van der Waals surface area contributed by atoms with Crippen molar-refractivity contribution in [1.82, 2.24) is 4.90 Å². The Bertz CT molecular complexity index is 635. The average molecular weight is 391 g/mol. The molecule has 28 heavy (non-hydrogen) atoms. The first-order chi connectivity index (χ1) is 12.7. The number of amides is 1. The largest absolute Gasteiger partial charge is 0.490 e. The standard InChI is InChI=1S/C22H38BNO4/c1-16-15-22(13-14-24(16)18(25)26-19(2,3)4)11-9-17(10-12-22)23-27-20(5,6)21(7,8)28-23/h9,16H,10-15H2,1-8H3. The van der Waals surface area contributed by atoms with Crippen molar-refractivity contribution < 1.29 is 18.8 Å². The van der Waals surface area contributed by atoms with Crippen LogP contribution in [0.3, 0.4) is 0 Å². The van der Waals surface area contributed by atoms with Gasteiger partial charge in [-0.15, -0.1) is 0 Å². The second kappa shape index (κ2) is 7.05. The average Bonchev–Trinajstić information content (AvgIpc) is 2.74. The molecule has 0 N–H and O–H groups in total. The number of ether oxygens (including phenoxy) is 1. The van der Waals surface area contributed by atoms with Crippen LogP contribution < -0.4 is 0 Å². The lowest BCUT2D eigenvalue weighted by molar-refractivity contribution is -0.00713. The van der Waals surface area contributed by atoms with Gasteiger partial charge in [-0.25, -0.2) is 4.79 Å². The summed E-state index contributed by atoms with van der Waals surface area (Å²) in [6.07, 6.45) is 7.41. The summed E-state index contributed by atoms with van der Waals surface area (Å²) in [5.41, 5.74) is 0.538. The molecule has 0 aromatic heterocycles. The van der Waals surface area contributed by atoms with E-state index >= 15 is 0 Å². The fraction of sp³-hybridized carbons (Fsp3) is 0.864. The zero-order chi connectivity index (χ0) is 21.0. The lowest BCUT2D eigenvalue weighted by Gasteiger charge is -2.47. The topological polar surface area (TPSA) is 48.0 Å². The highest BCUT2D eigenvalue weighted by molar-refractivity contribution is 6.54. The summed E-state index contributed by atoms with van der Waals surface area (Å²) in [7, 11) is -0.221. The van der Waals surface area contributed by atoms with Crippen molar-refractivity contribution in [1.29, 1.82) is 0 Å². The molecular formula is C22H38BNO4. The van der Waals surface area contributed by atoms with E-state index in [-0.39, 0.29) is 35.9 Å². The van der Waals surface area contributed by atoms with Crippen molar-refractivity contribution >= 4 is 13.2 Å². The molecule has 3 aliphatic rings. The number of carbonyl (C=O) groups is 1. The second-order valence-electron chi connectivity index (χ2n) is 11.0. The van der Waals surface area contributed by atoms with Crippen molar-refractivity contribution in [3.63, 3.8) is 0 Å². The minimum Gasteiger partial charge on any atom is -0.444 e. The van der Waals surface area contributed by atoms with Crippen molar-refractivity contribution in [2.24, 2.45) is 5.41 Å². The number of piperidine rings is 1. The number of allylic oxidation sites excluding steroid dienone is 2. The molecule has 2 saturated heterocycles. The maximum Gasteiger partial charge on any atom is 0.490 e. The number of rotatable bonds is 1. The zero-order valence-electron chi connectivity index (χ0n) is 19.1. The van der Waals surface area contributed by atoms with Crippen LogP contribution in [0.2, 0.25) is 0 Å². The SMILES string of the molecule is CC1CC2(CC=C(B3OC(C)(C)C(C)(C)O3)CC2)CCN1C(=O)OC(C)(C)C. The monoisotopic (exact) mass is 391 g/mol. The molecule has 1 spiro atoms. The zero-order valence-corrected chi connectivity index (χ0v) is 19.1. The van der Waals surface area contributed by atoms with E-state index in [1.54, 1.807) is 0 Å². The molecule has 2 aliphatic heterocycles. The molecule has 0 aromatic carbocycles. The van der Waals surface area contributed by atoms with Crippen LogP contribution in [0.4, 0.5) is 4.79 Å². The van der Waals surface area contributed by atoms with E-state index < -0.39 is 5.60 Å². The molecule has 0 bridgehead atoms. The quantitative estimate of drug-likeness (QED) is 0.581. The molecule has 5 nitrogen and oxygen atoms in total. The lowest BCUT2D eigenvalue weighted by Crippen LogP contribution is -2.50. The van der Waals surface area contributed by atoms with Crippen LogP contribution in [0, 0.1) is 5.41 Å². The van der Waals surface area contributed by atoms with E-state index in [0.717, 1.165) is 38.6 Å². The van der Waals surface area contributed by atoms with Gasteiger partial charge in [0.2, 0.25) is 0 Å². The van der Waals surface area contributed by atoms with Crippen molar-refractivity contribution in [2.45, 2.75) is 110 Å². The Morgan fingerprint density at radius 3 is 2.25 bits per heavy atom. The van der Waals surface area contributed by atoms with Crippen LogP contribution in [-0.2, 0) is 14.0 Å². The third-order valence-corrected chi connectivity index (χ3v) is 7.07. The Hall–Kier alpha value is -1.01. The third-order valence-electron chi connectivity index (χ3n) is 7.07. The summed E-state index contributed by atoms with van der Waals surface area (Å²) >= 11 is 0. The maximum atomic E-state index is 12.5. The molecule has 6 heteroatoms. The Morgan fingerprint density at radius 1 is 1.18 bits per heavy atom. The third kappa shape index (κ3) is 4.28. The molecule has 158 valence electrons. The van der Waals surface area contributed by atoms with Crippen molar-refractivity contribution in [2.75, 3.05) is 6.54 Å². The van der Waals surface area contributed by atoms with Crippen LogP contribution in [0.25, 0.3) is 0 Å². The second-order valence-corrected chi connectivity index (χ2v) is 11.0. The highest BCUT2D eigenvalue weighted by atomic mass is 16.7. The van der Waals surface area contributed by atoms with Gasteiger partial charge in [-0.05, 0) is 98.4 Å². The summed E-state index contributed by atoms with van der Waals surface area (Å²) in [5, 5.41) is 0. The smallest absolute Gasteiger partial charge is 0.444 e. The van der Waals surface area contributed by atoms with E-state index in [2.05, 4.69) is 40.7 Å². The predicted molar refractivity (Wildman–Crippen MR) is 112 cm³/mol. The van der Waals surface area contributed by atoms with Gasteiger partial charge in [0.1, 0.15) is 5.60 Å². The van der Waals surface area contributed by atoms with Gasteiger partial charge >= 0.3 is 13.2 Å². The molecule has 2 unspecified atom stereocenters. The summed E-state index contributed by atoms with van der Waals surface area (Å²) in [4.78, 5) is 14.4. The van der Waals surface area contributed by atoms with Crippen LogP contribution in [0.15, 0.2) is 11.5 Å². The molecule has 0 aromatic rings. The first-order valence-electron chi connectivity index (χ1n) is 10.8. The first kappa shape index (κ1) is 21.7. The Morgan fingerprint density at radius 2 is 1.79 bits per heavy atom. The number of likely N-dealkylation sites (tertiary alicyclic amines) is 1. The summed E-state index contributed by atoms with van der Waals surface area (Å²) in [6.45, 7) is 17.1. The molecular weight excluding hydrogens is 353 g/mol. The van der Waals surface area contributed by atoms with Crippen molar-refractivity contribution in [3.05, 3.63) is 11.5 Å². The number of hydrogen-bond donors (Lipinski definition) is 0. The minimum atomic E-state index is -0.447. The highest BCUT2D eigenvalue weighted by Gasteiger charge is 2.53. The van der Waals surface area contributed by atoms with Gasteiger partial charge in [0, 0.05) is 12.6 Å². The molecule has 3 rings (SSSR count). The van der Waals surface area contributed by atoms with Crippen LogP contribution >= 0.6 is 0 Å². The van der Waals surface area contributed by atoms with E-state index in [4.69, 9.17) is 14.0 Å². The van der Waals surface area contributed by atoms with Crippen molar-refractivity contribution in [3.8, 4) is 0 Å². The maximum absolute atomic E-state index is 12.5. The van der Waals surface area contributed by atoms with Gasteiger partial charge in [0.05, 0.1) is 11.2 Å². The molecule has 0 radical (unpaired) electrons. The number of hydrogen-bond acceptors (Lipinski definition) is 4. The lowest BCUT2D eigenvalue weighted by atomic mass is 9.62. The molecule has 1 amide bonds. The van der Waals surface area contributed by atoms with E-state index in [0.29, 0.717) is 0 Å². The van der Waals surface area contributed by atoms with Gasteiger partial charge in [-0.2, -0.15) is 0 Å². The Balaban J connectivity index is 1.61. The summed E-state index contributed by atoms with van der Waals surface area (Å²) in [5.74, 6) is 0. The van der Waals surface area contributed by atoms with Gasteiger partial charge in [-0.1, -0.05) is 6.08 Å². The van der Waals surface area contributed by atoms with Crippen LogP contribution in [-0.4, -0.2) is 47.5 Å². The molecule has 2 atom stereocenters. The van der Waals surface area contributed by atoms with E-state index in [9.17, 15) is 4.79 Å². The van der Waals surface area contributed by atoms with Crippen LogP contribution in [0.1, 0.15) is 87.5 Å². The highest BCUT2D eigenvalue weighted by Crippen LogP contribution is 2.48. The predicted octanol–water partition coefficient (Wildman–Crippen LogP) is 5.13. The van der Waals surface area contributed by atoms with E-state index in [1.807, 2.05) is 25.7 Å². The fourth-order valence-corrected chi connectivity index (χ4v) is 4.59. The van der Waals surface area contributed by atoms with Gasteiger partial charge in [0.15, 0.2) is 0 Å². The van der Waals surface area contributed by atoms with Gasteiger partial charge < -0.3 is 18.9 Å². The first-order valence-corrected chi connectivity index (χ1v) is 10.8. The molecule has 0 saturated carbocycles. The minimum absolute atomic E-state index is 0.181. The van der Waals surface area contributed by atoms with Crippen LogP contribution in [0.5, 0.6) is 0 Å². The summed E-state index contributed by atoms with van der Waals surface area (Å²) < 4.78 is 18.1. The Kier molecular flexibility index (Phi) is 5.46. The molecule has 2 fully saturated rings. The molecule has 1 aliphatic carbocycles. The number of carbonyl (C=O) groups excluding carboxylic acids is 1. The normalized spacial score (nSPS) is 32.4. The van der Waals surface area contributed by atoms with E-state index in [1.165, 1.54) is 5.47 Å². The van der Waals surface area contributed by atoms with Gasteiger partial charge in [0.25, 0.3) is 0 Å². The summed E-state index contributed by atoms with van der Waals surface area (Å²) in [6, 6.07) is 0.204. The fourth-order valence-electron chi connectivity index (χ4n) is 4.59. The molecule has 2 heterocycles. The number of nitrogens with zero attached hydrogens (tertiary/aromatic N) is 1. The van der Waals surface area contributed by atoms with Gasteiger partial charge in [-0.3, -0.25) is 0 Å². The Labute approximate surface area is 171 Å².